The van der Waals surface area contributed by atoms with E-state index in [2.05, 4.69) is 0 Å². The molecule has 3 N–H and O–H groups in total. The molecule has 0 saturated carbocycles. The second-order valence-corrected chi connectivity index (χ2v) is 4.61. The standard InChI is InChI=1S/C17H12O6/c18-15(19)12-9-8-11(7-6-10-4-2-1-3-5-10)13(16(20)21)14(12)17(22)23/h1-9H,(H,18,19)(H,20,21)(H,22,23). The zero-order valence-corrected chi connectivity index (χ0v) is 11.8. The van der Waals surface area contributed by atoms with Crippen molar-refractivity contribution in [3.63, 3.8) is 0 Å². The largest absolute Gasteiger partial charge is 0.478 e. The summed E-state index contributed by atoms with van der Waals surface area (Å²) in [6.07, 6.45) is 3.06. The van der Waals surface area contributed by atoms with Crippen LogP contribution in [0.3, 0.4) is 0 Å². The summed E-state index contributed by atoms with van der Waals surface area (Å²) in [7, 11) is 0. The molecule has 0 unspecified atom stereocenters. The van der Waals surface area contributed by atoms with Crippen molar-refractivity contribution in [1.82, 2.24) is 0 Å². The molecule has 2 rings (SSSR count). The quantitative estimate of drug-likeness (QED) is 0.732. The molecule has 116 valence electrons. The molecular weight excluding hydrogens is 300 g/mol. The van der Waals surface area contributed by atoms with E-state index in [1.165, 1.54) is 12.1 Å². The van der Waals surface area contributed by atoms with Crippen LogP contribution in [0.4, 0.5) is 0 Å². The predicted molar refractivity (Wildman–Crippen MR) is 82.7 cm³/mol. The van der Waals surface area contributed by atoms with Crippen molar-refractivity contribution in [2.45, 2.75) is 0 Å². The van der Waals surface area contributed by atoms with E-state index in [1.807, 2.05) is 6.07 Å². The first-order valence-corrected chi connectivity index (χ1v) is 6.52. The first kappa shape index (κ1) is 16.0. The van der Waals surface area contributed by atoms with Gasteiger partial charge in [-0.25, -0.2) is 14.4 Å². The smallest absolute Gasteiger partial charge is 0.337 e. The van der Waals surface area contributed by atoms with Crippen LogP contribution in [0.1, 0.15) is 42.2 Å². The first-order chi connectivity index (χ1) is 10.9. The van der Waals surface area contributed by atoms with E-state index in [0.717, 1.165) is 11.6 Å². The minimum atomic E-state index is -1.60. The number of carboxylic acids is 3. The van der Waals surface area contributed by atoms with Gasteiger partial charge in [-0.3, -0.25) is 0 Å². The van der Waals surface area contributed by atoms with Crippen molar-refractivity contribution in [3.05, 3.63) is 70.3 Å². The Hall–Kier alpha value is -3.41. The third kappa shape index (κ3) is 3.44. The van der Waals surface area contributed by atoms with Gasteiger partial charge in [-0.2, -0.15) is 0 Å². The lowest BCUT2D eigenvalue weighted by atomic mass is 9.95. The second kappa shape index (κ2) is 6.57. The third-order valence-electron chi connectivity index (χ3n) is 3.15. The highest BCUT2D eigenvalue weighted by Crippen LogP contribution is 2.22. The van der Waals surface area contributed by atoms with E-state index in [9.17, 15) is 24.6 Å². The number of rotatable bonds is 5. The van der Waals surface area contributed by atoms with Crippen LogP contribution in [0.15, 0.2) is 42.5 Å². The molecule has 0 heterocycles. The molecule has 2 aromatic carbocycles. The number of aromatic carboxylic acids is 3. The van der Waals surface area contributed by atoms with Gasteiger partial charge in [-0.15, -0.1) is 0 Å². The normalized spacial score (nSPS) is 10.6. The van der Waals surface area contributed by atoms with Gasteiger partial charge in [-0.1, -0.05) is 48.6 Å². The van der Waals surface area contributed by atoms with E-state index in [-0.39, 0.29) is 5.56 Å². The second-order valence-electron chi connectivity index (χ2n) is 4.61. The van der Waals surface area contributed by atoms with Gasteiger partial charge in [-0.05, 0) is 17.2 Å². The molecule has 0 aliphatic heterocycles. The summed E-state index contributed by atoms with van der Waals surface area (Å²) in [5.41, 5.74) is -0.941. The Labute approximate surface area is 130 Å². The van der Waals surface area contributed by atoms with Gasteiger partial charge in [0.25, 0.3) is 0 Å². The zero-order valence-electron chi connectivity index (χ0n) is 11.8. The van der Waals surface area contributed by atoms with E-state index in [1.54, 1.807) is 30.3 Å². The van der Waals surface area contributed by atoms with Gasteiger partial charge in [0.2, 0.25) is 0 Å². The molecule has 23 heavy (non-hydrogen) atoms. The minimum absolute atomic E-state index is 0.115. The molecule has 0 saturated heterocycles. The summed E-state index contributed by atoms with van der Waals surface area (Å²) in [6, 6.07) is 11.4. The van der Waals surface area contributed by atoms with Gasteiger partial charge in [0.15, 0.2) is 0 Å². The predicted octanol–water partition coefficient (Wildman–Crippen LogP) is 2.95. The first-order valence-electron chi connectivity index (χ1n) is 6.52. The van der Waals surface area contributed by atoms with Crippen LogP contribution in [0.2, 0.25) is 0 Å². The highest BCUT2D eigenvalue weighted by molar-refractivity contribution is 6.11. The Bertz CT molecular complexity index is 805. The monoisotopic (exact) mass is 312 g/mol. The summed E-state index contributed by atoms with van der Waals surface area (Å²) in [4.78, 5) is 33.9. The van der Waals surface area contributed by atoms with Crippen molar-refractivity contribution in [2.24, 2.45) is 0 Å². The number of carboxylic acid groups (broad SMARTS) is 3. The van der Waals surface area contributed by atoms with Crippen molar-refractivity contribution in [2.75, 3.05) is 0 Å². The van der Waals surface area contributed by atoms with E-state index < -0.39 is 34.6 Å². The van der Waals surface area contributed by atoms with Crippen LogP contribution in [-0.2, 0) is 0 Å². The van der Waals surface area contributed by atoms with Crippen LogP contribution < -0.4 is 0 Å². The molecular formula is C17H12O6. The van der Waals surface area contributed by atoms with Crippen molar-refractivity contribution in [1.29, 1.82) is 0 Å². The maximum atomic E-state index is 11.4. The molecule has 0 aliphatic carbocycles. The average Bonchev–Trinajstić information content (AvgIpc) is 2.52. The Morgan fingerprint density at radius 3 is 1.83 bits per heavy atom. The number of hydrogen-bond donors (Lipinski definition) is 3. The molecule has 0 bridgehead atoms. The molecule has 0 radical (unpaired) electrons. The molecule has 6 nitrogen and oxygen atoms in total. The molecule has 0 aliphatic rings. The summed E-state index contributed by atoms with van der Waals surface area (Å²) < 4.78 is 0. The van der Waals surface area contributed by atoms with Gasteiger partial charge in [0, 0.05) is 0 Å². The zero-order chi connectivity index (χ0) is 17.0. The fourth-order valence-corrected chi connectivity index (χ4v) is 2.14. The van der Waals surface area contributed by atoms with Gasteiger partial charge < -0.3 is 15.3 Å². The van der Waals surface area contributed by atoms with E-state index in [0.29, 0.717) is 0 Å². The van der Waals surface area contributed by atoms with Gasteiger partial charge in [0.05, 0.1) is 16.7 Å². The number of carbonyl (C=O) groups is 3. The van der Waals surface area contributed by atoms with Crippen LogP contribution in [-0.4, -0.2) is 33.2 Å². The fraction of sp³-hybridized carbons (Fsp3) is 0. The topological polar surface area (TPSA) is 112 Å². The van der Waals surface area contributed by atoms with Crippen LogP contribution >= 0.6 is 0 Å². The number of hydrogen-bond acceptors (Lipinski definition) is 3. The summed E-state index contributed by atoms with van der Waals surface area (Å²) in [6.45, 7) is 0. The number of benzene rings is 2. The Kier molecular flexibility index (Phi) is 4.56. The summed E-state index contributed by atoms with van der Waals surface area (Å²) >= 11 is 0. The van der Waals surface area contributed by atoms with Crippen LogP contribution in [0.5, 0.6) is 0 Å². The van der Waals surface area contributed by atoms with E-state index >= 15 is 0 Å². The molecule has 0 fully saturated rings. The van der Waals surface area contributed by atoms with Crippen molar-refractivity contribution >= 4 is 30.1 Å². The maximum absolute atomic E-state index is 11.4. The summed E-state index contributed by atoms with van der Waals surface area (Å²) in [5, 5.41) is 27.6. The molecule has 0 aromatic heterocycles. The third-order valence-corrected chi connectivity index (χ3v) is 3.15. The average molecular weight is 312 g/mol. The minimum Gasteiger partial charge on any atom is -0.478 e. The van der Waals surface area contributed by atoms with E-state index in [4.69, 9.17) is 5.11 Å². The Morgan fingerprint density at radius 2 is 1.30 bits per heavy atom. The van der Waals surface area contributed by atoms with Crippen LogP contribution in [0.25, 0.3) is 12.2 Å². The van der Waals surface area contributed by atoms with Crippen LogP contribution in [0, 0.1) is 0 Å². The maximum Gasteiger partial charge on any atom is 0.337 e. The van der Waals surface area contributed by atoms with Crippen molar-refractivity contribution in [3.8, 4) is 0 Å². The van der Waals surface area contributed by atoms with Gasteiger partial charge in [0.1, 0.15) is 0 Å². The van der Waals surface area contributed by atoms with Crippen molar-refractivity contribution < 1.29 is 29.7 Å². The van der Waals surface area contributed by atoms with Gasteiger partial charge >= 0.3 is 17.9 Å². The SMILES string of the molecule is O=C(O)c1ccc(C=Cc2ccccc2)c(C(=O)O)c1C(=O)O. The lowest BCUT2D eigenvalue weighted by molar-refractivity contribution is 0.0633. The molecule has 0 atom stereocenters. The highest BCUT2D eigenvalue weighted by atomic mass is 16.4. The molecule has 6 heteroatoms. The highest BCUT2D eigenvalue weighted by Gasteiger charge is 2.26. The molecule has 0 spiro atoms. The molecule has 2 aromatic rings. The summed E-state index contributed by atoms with van der Waals surface area (Å²) in [5.74, 6) is -4.60. The Morgan fingerprint density at radius 1 is 0.696 bits per heavy atom. The lowest BCUT2D eigenvalue weighted by Crippen LogP contribution is -2.16. The lowest BCUT2D eigenvalue weighted by Gasteiger charge is -2.09. The Balaban J connectivity index is 2.63. The fourth-order valence-electron chi connectivity index (χ4n) is 2.14. The molecule has 0 amide bonds.